The molecule has 102 valence electrons. The first kappa shape index (κ1) is 12.1. The number of aromatic nitrogens is 4. The van der Waals surface area contributed by atoms with E-state index in [1.807, 2.05) is 6.92 Å². The Morgan fingerprint density at radius 3 is 2.84 bits per heavy atom. The lowest BCUT2D eigenvalue weighted by atomic mass is 9.94. The van der Waals surface area contributed by atoms with E-state index in [9.17, 15) is 5.11 Å². The van der Waals surface area contributed by atoms with E-state index in [1.165, 1.54) is 0 Å². The predicted octanol–water partition coefficient (Wildman–Crippen LogP) is -0.0103. The molecular formula is C11H17N7O. The van der Waals surface area contributed by atoms with E-state index in [4.69, 9.17) is 5.84 Å². The fourth-order valence-electron chi connectivity index (χ4n) is 2.33. The number of fused-ring (bicyclic) bond motifs is 1. The molecule has 0 atom stereocenters. The van der Waals surface area contributed by atoms with Crippen LogP contribution in [0, 0.1) is 0 Å². The van der Waals surface area contributed by atoms with Gasteiger partial charge < -0.3 is 10.0 Å². The van der Waals surface area contributed by atoms with Gasteiger partial charge >= 0.3 is 0 Å². The molecule has 19 heavy (non-hydrogen) atoms. The smallest absolute Gasteiger partial charge is 0.241 e. The molecule has 3 heterocycles. The Hall–Kier alpha value is -1.93. The quantitative estimate of drug-likeness (QED) is 0.445. The molecule has 5 N–H and O–H groups in total. The highest BCUT2D eigenvalue weighted by Crippen LogP contribution is 2.29. The van der Waals surface area contributed by atoms with Crippen LogP contribution in [-0.2, 0) is 0 Å². The Morgan fingerprint density at radius 2 is 2.16 bits per heavy atom. The van der Waals surface area contributed by atoms with E-state index in [0.717, 1.165) is 24.3 Å². The molecule has 0 saturated carbocycles. The normalized spacial score (nSPS) is 18.8. The van der Waals surface area contributed by atoms with E-state index >= 15 is 0 Å². The van der Waals surface area contributed by atoms with Crippen LogP contribution in [0.15, 0.2) is 6.20 Å². The number of rotatable bonds is 2. The van der Waals surface area contributed by atoms with Crippen molar-refractivity contribution in [2.45, 2.75) is 25.4 Å². The van der Waals surface area contributed by atoms with Crippen LogP contribution in [-0.4, -0.2) is 44.0 Å². The van der Waals surface area contributed by atoms with E-state index in [1.54, 1.807) is 6.20 Å². The lowest BCUT2D eigenvalue weighted by molar-refractivity contribution is 0.0350. The molecule has 3 rings (SSSR count). The third kappa shape index (κ3) is 2.20. The summed E-state index contributed by atoms with van der Waals surface area (Å²) in [6.45, 7) is 3.35. The van der Waals surface area contributed by atoms with Gasteiger partial charge in [0.15, 0.2) is 5.65 Å². The summed E-state index contributed by atoms with van der Waals surface area (Å²) in [4.78, 5) is 10.7. The number of hydrogen-bond acceptors (Lipinski definition) is 7. The summed E-state index contributed by atoms with van der Waals surface area (Å²) in [6.07, 6.45) is 3.13. The molecule has 1 fully saturated rings. The zero-order chi connectivity index (χ0) is 13.5. The molecule has 0 unspecified atom stereocenters. The molecule has 8 heteroatoms. The summed E-state index contributed by atoms with van der Waals surface area (Å²) in [7, 11) is 0. The van der Waals surface area contributed by atoms with Crippen LogP contribution in [0.2, 0.25) is 0 Å². The second kappa shape index (κ2) is 4.32. The van der Waals surface area contributed by atoms with Crippen LogP contribution in [0.25, 0.3) is 11.0 Å². The van der Waals surface area contributed by atoms with Crippen molar-refractivity contribution in [1.82, 2.24) is 20.2 Å². The van der Waals surface area contributed by atoms with Gasteiger partial charge in [0.25, 0.3) is 0 Å². The predicted molar refractivity (Wildman–Crippen MR) is 71.6 cm³/mol. The first-order valence-electron chi connectivity index (χ1n) is 6.24. The molecular weight excluding hydrogens is 246 g/mol. The summed E-state index contributed by atoms with van der Waals surface area (Å²) in [5.74, 6) is 6.53. The number of nitrogen functional groups attached to an aromatic ring is 1. The summed E-state index contributed by atoms with van der Waals surface area (Å²) >= 11 is 0. The van der Waals surface area contributed by atoms with Crippen molar-refractivity contribution in [2.24, 2.45) is 5.84 Å². The van der Waals surface area contributed by atoms with Crippen LogP contribution in [0.4, 0.5) is 11.8 Å². The van der Waals surface area contributed by atoms with Crippen LogP contribution in [0.5, 0.6) is 0 Å². The summed E-state index contributed by atoms with van der Waals surface area (Å²) in [5.41, 5.74) is 2.52. The number of nitrogens with one attached hydrogen (secondary N) is 2. The van der Waals surface area contributed by atoms with Crippen molar-refractivity contribution in [3.8, 4) is 0 Å². The Kier molecular flexibility index (Phi) is 2.76. The number of hydrogen-bond donors (Lipinski definition) is 4. The van der Waals surface area contributed by atoms with Gasteiger partial charge in [0, 0.05) is 13.1 Å². The van der Waals surface area contributed by atoms with Gasteiger partial charge in [-0.15, -0.1) is 0 Å². The van der Waals surface area contributed by atoms with E-state index in [2.05, 4.69) is 30.5 Å². The summed E-state index contributed by atoms with van der Waals surface area (Å²) in [5, 5.41) is 17.7. The average Bonchev–Trinajstić information content (AvgIpc) is 2.86. The van der Waals surface area contributed by atoms with Crippen molar-refractivity contribution in [3.63, 3.8) is 0 Å². The highest BCUT2D eigenvalue weighted by molar-refractivity contribution is 5.87. The Bertz CT molecular complexity index is 584. The van der Waals surface area contributed by atoms with Gasteiger partial charge in [0.2, 0.25) is 5.95 Å². The van der Waals surface area contributed by atoms with E-state index in [-0.39, 0.29) is 0 Å². The van der Waals surface area contributed by atoms with Crippen LogP contribution in [0.1, 0.15) is 19.8 Å². The largest absolute Gasteiger partial charge is 0.390 e. The molecule has 8 nitrogen and oxygen atoms in total. The highest BCUT2D eigenvalue weighted by atomic mass is 16.3. The number of aromatic amines is 1. The second-order valence-corrected chi connectivity index (χ2v) is 5.13. The van der Waals surface area contributed by atoms with Crippen LogP contribution in [0.3, 0.4) is 0 Å². The van der Waals surface area contributed by atoms with Gasteiger partial charge in [-0.2, -0.15) is 15.1 Å². The van der Waals surface area contributed by atoms with Crippen molar-refractivity contribution in [1.29, 1.82) is 0 Å². The number of H-pyrrole nitrogens is 1. The fraction of sp³-hybridized carbons (Fsp3) is 0.545. The maximum atomic E-state index is 10.0. The summed E-state index contributed by atoms with van der Waals surface area (Å²) in [6, 6.07) is 0. The molecule has 2 aromatic heterocycles. The summed E-state index contributed by atoms with van der Waals surface area (Å²) < 4.78 is 0. The molecule has 0 bridgehead atoms. The first-order valence-corrected chi connectivity index (χ1v) is 6.24. The molecule has 1 saturated heterocycles. The van der Waals surface area contributed by atoms with E-state index < -0.39 is 5.60 Å². The monoisotopic (exact) mass is 263 g/mol. The fourth-order valence-corrected chi connectivity index (χ4v) is 2.33. The standard InChI is InChI=1S/C11H17N7O/c1-11(19)2-4-18(5-3-11)9-7-6-13-17-8(7)14-10(15-9)16-12/h6,19H,2-5,12H2,1H3,(H2,13,14,15,16,17). The van der Waals surface area contributed by atoms with Gasteiger partial charge in [0.1, 0.15) is 5.82 Å². The van der Waals surface area contributed by atoms with Crippen molar-refractivity contribution in [2.75, 3.05) is 23.4 Å². The number of nitrogens with zero attached hydrogens (tertiary/aromatic N) is 4. The molecule has 1 aliphatic heterocycles. The Morgan fingerprint density at radius 1 is 1.42 bits per heavy atom. The van der Waals surface area contributed by atoms with Crippen molar-refractivity contribution < 1.29 is 5.11 Å². The number of aliphatic hydroxyl groups is 1. The SMILES string of the molecule is CC1(O)CCN(c2nc(NN)nc3[nH]ncc23)CC1. The lowest BCUT2D eigenvalue weighted by Gasteiger charge is -2.36. The molecule has 2 aromatic rings. The minimum absolute atomic E-state index is 0.351. The first-order chi connectivity index (χ1) is 9.09. The number of nitrogens with two attached hydrogens (primary N) is 1. The highest BCUT2D eigenvalue weighted by Gasteiger charge is 2.29. The Balaban J connectivity index is 1.98. The van der Waals surface area contributed by atoms with Gasteiger partial charge in [-0.05, 0) is 19.8 Å². The lowest BCUT2D eigenvalue weighted by Crippen LogP contribution is -2.43. The van der Waals surface area contributed by atoms with E-state index in [0.29, 0.717) is 24.4 Å². The Labute approximate surface area is 110 Å². The van der Waals surface area contributed by atoms with Gasteiger partial charge in [-0.1, -0.05) is 0 Å². The van der Waals surface area contributed by atoms with Crippen LogP contribution < -0.4 is 16.2 Å². The zero-order valence-electron chi connectivity index (χ0n) is 10.7. The molecule has 0 aromatic carbocycles. The molecule has 0 amide bonds. The maximum absolute atomic E-state index is 10.0. The molecule has 0 spiro atoms. The number of hydrazine groups is 1. The number of piperidine rings is 1. The van der Waals surface area contributed by atoms with Gasteiger partial charge in [0.05, 0.1) is 17.2 Å². The molecule has 1 aliphatic rings. The van der Waals surface area contributed by atoms with Gasteiger partial charge in [-0.3, -0.25) is 10.5 Å². The second-order valence-electron chi connectivity index (χ2n) is 5.13. The maximum Gasteiger partial charge on any atom is 0.241 e. The minimum atomic E-state index is -0.589. The topological polar surface area (TPSA) is 116 Å². The molecule has 0 radical (unpaired) electrons. The molecule has 0 aliphatic carbocycles. The van der Waals surface area contributed by atoms with Crippen molar-refractivity contribution >= 4 is 22.8 Å². The minimum Gasteiger partial charge on any atom is -0.390 e. The van der Waals surface area contributed by atoms with Crippen molar-refractivity contribution in [3.05, 3.63) is 6.20 Å². The third-order valence-electron chi connectivity index (χ3n) is 3.56. The number of anilines is 2. The zero-order valence-corrected chi connectivity index (χ0v) is 10.7. The van der Waals surface area contributed by atoms with Crippen LogP contribution >= 0.6 is 0 Å². The average molecular weight is 263 g/mol. The third-order valence-corrected chi connectivity index (χ3v) is 3.56. The van der Waals surface area contributed by atoms with Gasteiger partial charge in [-0.25, -0.2) is 5.84 Å².